The lowest BCUT2D eigenvalue weighted by atomic mass is 9.93. The average molecular weight is 706 g/mol. The van der Waals surface area contributed by atoms with E-state index in [2.05, 4.69) is 95.2 Å². The lowest BCUT2D eigenvalue weighted by Gasteiger charge is -2.26. The van der Waals surface area contributed by atoms with Crippen molar-refractivity contribution in [2.45, 2.75) is 114 Å². The quantitative estimate of drug-likeness (QED) is 0.156. The number of imide groups is 1. The van der Waals surface area contributed by atoms with Gasteiger partial charge in [-0.05, 0) is 94.2 Å². The van der Waals surface area contributed by atoms with Crippen molar-refractivity contribution in [1.82, 2.24) is 24.8 Å². The van der Waals surface area contributed by atoms with Gasteiger partial charge in [-0.25, -0.2) is 0 Å². The Morgan fingerprint density at radius 2 is 1.17 bits per heavy atom. The molecule has 8 nitrogen and oxygen atoms in total. The summed E-state index contributed by atoms with van der Waals surface area (Å²) in [6.45, 7) is 27.6. The summed E-state index contributed by atoms with van der Waals surface area (Å²) in [6, 6.07) is 23.7. The van der Waals surface area contributed by atoms with Crippen molar-refractivity contribution in [3.63, 3.8) is 0 Å². The van der Waals surface area contributed by atoms with E-state index in [0.717, 1.165) is 22.7 Å². The minimum atomic E-state index is -0.180. The molecule has 4 heterocycles. The van der Waals surface area contributed by atoms with Crippen LogP contribution in [0.15, 0.2) is 89.7 Å². The summed E-state index contributed by atoms with van der Waals surface area (Å²) in [4.78, 5) is 28.7. The number of amides is 2. The highest BCUT2D eigenvalue weighted by molar-refractivity contribution is 6.21. The summed E-state index contributed by atoms with van der Waals surface area (Å²) < 4.78 is 7.58. The summed E-state index contributed by atoms with van der Waals surface area (Å²) in [5.41, 5.74) is 8.08. The lowest BCUT2D eigenvalue weighted by molar-refractivity contribution is 0.0609. The fraction of sp³-hybridized carbons (Fsp3) is 0.432. The number of aromatic nitrogens is 4. The average Bonchev–Trinajstić information content (AvgIpc) is 3.74. The van der Waals surface area contributed by atoms with Crippen LogP contribution in [0.5, 0.6) is 0 Å². The molecule has 0 bridgehead atoms. The van der Waals surface area contributed by atoms with Crippen LogP contribution in [0.3, 0.4) is 0 Å². The second-order valence-electron chi connectivity index (χ2n) is 14.9. The third kappa shape index (κ3) is 10.6. The van der Waals surface area contributed by atoms with Gasteiger partial charge in [0.1, 0.15) is 0 Å². The van der Waals surface area contributed by atoms with E-state index in [9.17, 15) is 9.59 Å². The van der Waals surface area contributed by atoms with Crippen molar-refractivity contribution < 1.29 is 14.1 Å². The number of rotatable bonds is 7. The SMILES string of the molecule is CC(C)N1C(=O)c2ccccc2C1=O.CC(C)c1ccncc1.Cc1cc(C)n(C(C(C)C)C(C)C)n1.Cc1noc(-c2ccccc2)c1C(C)C. The number of nitrogens with zero attached hydrogens (tertiary/aromatic N) is 5. The summed E-state index contributed by atoms with van der Waals surface area (Å²) in [6.07, 6.45) is 3.66. The molecule has 8 heteroatoms. The summed E-state index contributed by atoms with van der Waals surface area (Å²) >= 11 is 0. The zero-order chi connectivity index (χ0) is 38.7. The molecule has 2 aromatic carbocycles. The maximum Gasteiger partial charge on any atom is 0.261 e. The summed E-state index contributed by atoms with van der Waals surface area (Å²) in [5.74, 6) is 2.87. The van der Waals surface area contributed by atoms with Crippen LogP contribution in [-0.2, 0) is 0 Å². The zero-order valence-electron chi connectivity index (χ0n) is 33.5. The molecule has 6 rings (SSSR count). The molecule has 278 valence electrons. The molecule has 0 unspecified atom stereocenters. The Morgan fingerprint density at radius 3 is 1.58 bits per heavy atom. The minimum absolute atomic E-state index is 0.0811. The molecule has 0 saturated heterocycles. The van der Waals surface area contributed by atoms with Crippen molar-refractivity contribution in [3.8, 4) is 11.3 Å². The molecule has 0 atom stereocenters. The molecule has 0 saturated carbocycles. The number of fused-ring (bicyclic) bond motifs is 1. The van der Waals surface area contributed by atoms with E-state index in [4.69, 9.17) is 4.52 Å². The normalized spacial score (nSPS) is 12.2. The fourth-order valence-corrected chi connectivity index (χ4v) is 6.56. The Bertz CT molecular complexity index is 1810. The van der Waals surface area contributed by atoms with Gasteiger partial charge in [-0.3, -0.25) is 24.2 Å². The smallest absolute Gasteiger partial charge is 0.261 e. The van der Waals surface area contributed by atoms with Crippen LogP contribution < -0.4 is 0 Å². The van der Waals surface area contributed by atoms with Gasteiger partial charge in [-0.15, -0.1) is 0 Å². The van der Waals surface area contributed by atoms with Crippen LogP contribution in [0.25, 0.3) is 11.3 Å². The van der Waals surface area contributed by atoms with Gasteiger partial charge in [0.15, 0.2) is 5.76 Å². The van der Waals surface area contributed by atoms with Gasteiger partial charge >= 0.3 is 0 Å². The van der Waals surface area contributed by atoms with E-state index in [1.165, 1.54) is 21.7 Å². The molecule has 3 aromatic heterocycles. The summed E-state index contributed by atoms with van der Waals surface area (Å²) in [7, 11) is 0. The van der Waals surface area contributed by atoms with Crippen molar-refractivity contribution in [3.05, 3.63) is 125 Å². The van der Waals surface area contributed by atoms with E-state index in [1.807, 2.05) is 75.6 Å². The van der Waals surface area contributed by atoms with E-state index in [-0.39, 0.29) is 17.9 Å². The Morgan fingerprint density at radius 1 is 0.654 bits per heavy atom. The predicted molar refractivity (Wildman–Crippen MR) is 212 cm³/mol. The molecule has 0 aliphatic carbocycles. The lowest BCUT2D eigenvalue weighted by Crippen LogP contribution is -2.35. The standard InChI is InChI=1S/C13H15NO.C12H22N2.C11H11NO2.C8H11N/c1-9(2)12-10(3)14-15-13(12)11-7-5-4-6-8-11;1-8(2)12(9(3)4)14-11(6)7-10(5)13-14;1-7(2)12-10(13)8-5-3-4-6-9(8)11(12)14;1-7(2)8-3-5-9-6-4-8/h4-9H,1-3H3;7-9,12H,1-6H3;3-7H,1-2H3;3-7H,1-2H3. The molecule has 52 heavy (non-hydrogen) atoms. The Labute approximate surface area is 311 Å². The predicted octanol–water partition coefficient (Wildman–Crippen LogP) is 11.0. The molecule has 0 radical (unpaired) electrons. The van der Waals surface area contributed by atoms with E-state index < -0.39 is 0 Å². The first-order valence-electron chi connectivity index (χ1n) is 18.5. The molecule has 0 fully saturated rings. The molecular weight excluding hydrogens is 647 g/mol. The largest absolute Gasteiger partial charge is 0.356 e. The monoisotopic (exact) mass is 705 g/mol. The van der Waals surface area contributed by atoms with E-state index in [0.29, 0.717) is 40.8 Å². The van der Waals surface area contributed by atoms with Crippen molar-refractivity contribution >= 4 is 11.8 Å². The highest BCUT2D eigenvalue weighted by Gasteiger charge is 2.36. The summed E-state index contributed by atoms with van der Waals surface area (Å²) in [5, 5.41) is 8.61. The van der Waals surface area contributed by atoms with Crippen molar-refractivity contribution in [2.24, 2.45) is 11.8 Å². The minimum Gasteiger partial charge on any atom is -0.356 e. The van der Waals surface area contributed by atoms with Crippen LogP contribution in [0.1, 0.15) is 136 Å². The number of carbonyl (C=O) groups excluding carboxylic acids is 2. The maximum atomic E-state index is 11.8. The van der Waals surface area contributed by atoms with Crippen LogP contribution in [0, 0.1) is 32.6 Å². The second kappa shape index (κ2) is 19.1. The Kier molecular flexibility index (Phi) is 15.3. The molecule has 0 N–H and O–H groups in total. The van der Waals surface area contributed by atoms with Gasteiger partial charge < -0.3 is 4.52 Å². The van der Waals surface area contributed by atoms with Gasteiger partial charge in [0.05, 0.1) is 28.6 Å². The number of hydrogen-bond donors (Lipinski definition) is 0. The molecule has 1 aliphatic rings. The second-order valence-corrected chi connectivity index (χ2v) is 14.9. The van der Waals surface area contributed by atoms with Gasteiger partial charge in [0.2, 0.25) is 0 Å². The third-order valence-electron chi connectivity index (χ3n) is 8.93. The first-order valence-corrected chi connectivity index (χ1v) is 18.5. The van der Waals surface area contributed by atoms with Crippen LogP contribution in [0.4, 0.5) is 0 Å². The number of carbonyl (C=O) groups is 2. The molecule has 1 aliphatic heterocycles. The molecule has 5 aromatic rings. The third-order valence-corrected chi connectivity index (χ3v) is 8.93. The highest BCUT2D eigenvalue weighted by Crippen LogP contribution is 2.31. The van der Waals surface area contributed by atoms with Crippen molar-refractivity contribution in [2.75, 3.05) is 0 Å². The highest BCUT2D eigenvalue weighted by atomic mass is 16.5. The molecule has 0 spiro atoms. The number of aryl methyl sites for hydroxylation is 3. The Hall–Kier alpha value is -4.85. The van der Waals surface area contributed by atoms with E-state index in [1.54, 1.807) is 24.3 Å². The van der Waals surface area contributed by atoms with Crippen LogP contribution in [-0.4, -0.2) is 42.7 Å². The fourth-order valence-electron chi connectivity index (χ4n) is 6.56. The number of pyridine rings is 1. The number of benzene rings is 2. The van der Waals surface area contributed by atoms with Gasteiger partial charge in [0, 0.05) is 35.3 Å². The van der Waals surface area contributed by atoms with Crippen molar-refractivity contribution in [1.29, 1.82) is 0 Å². The van der Waals surface area contributed by atoms with Gasteiger partial charge in [-0.1, -0.05) is 103 Å². The molecule has 2 amide bonds. The zero-order valence-corrected chi connectivity index (χ0v) is 33.5. The maximum absolute atomic E-state index is 11.8. The number of hydrogen-bond acceptors (Lipinski definition) is 6. The van der Waals surface area contributed by atoms with Crippen LogP contribution in [0.2, 0.25) is 0 Å². The Balaban J connectivity index is 0.000000190. The first kappa shape index (κ1) is 41.6. The van der Waals surface area contributed by atoms with Gasteiger partial charge in [0.25, 0.3) is 11.8 Å². The topological polar surface area (TPSA) is 94.1 Å². The first-order chi connectivity index (χ1) is 24.6. The van der Waals surface area contributed by atoms with Gasteiger partial charge in [-0.2, -0.15) is 5.10 Å². The van der Waals surface area contributed by atoms with E-state index >= 15 is 0 Å². The van der Waals surface area contributed by atoms with Crippen LogP contribution >= 0.6 is 0 Å². The molecular formula is C44H59N5O3.